The smallest absolute Gasteiger partial charge is 0.339 e. The second-order valence-corrected chi connectivity index (χ2v) is 6.65. The first-order valence-corrected chi connectivity index (χ1v) is 8.31. The van der Waals surface area contributed by atoms with Gasteiger partial charge in [-0.1, -0.05) is 5.16 Å². The molecule has 2 fully saturated rings. The lowest BCUT2D eigenvalue weighted by molar-refractivity contribution is -0.129. The number of hydrogen-bond donors (Lipinski definition) is 1. The minimum Gasteiger partial charge on any atom is -0.449 e. The number of esters is 1. The Morgan fingerprint density at radius 3 is 2.75 bits per heavy atom. The molecular formula is C17H19N3O4. The fourth-order valence-electron chi connectivity index (χ4n) is 2.69. The molecule has 1 amide bonds. The fourth-order valence-corrected chi connectivity index (χ4v) is 2.69. The Morgan fingerprint density at radius 1 is 1.33 bits per heavy atom. The van der Waals surface area contributed by atoms with E-state index in [4.69, 9.17) is 9.26 Å². The van der Waals surface area contributed by atoms with Gasteiger partial charge < -0.3 is 14.6 Å². The zero-order chi connectivity index (χ0) is 16.8. The lowest BCUT2D eigenvalue weighted by Gasteiger charge is -2.14. The lowest BCUT2D eigenvalue weighted by atomic mass is 10.1. The van der Waals surface area contributed by atoms with Crippen molar-refractivity contribution in [1.82, 2.24) is 15.5 Å². The number of carbonyl (C=O) groups is 2. The number of aromatic nitrogens is 2. The topological polar surface area (TPSA) is 94.3 Å². The zero-order valence-corrected chi connectivity index (χ0v) is 13.7. The third kappa shape index (κ3) is 2.86. The zero-order valence-electron chi connectivity index (χ0n) is 13.7. The molecule has 2 saturated carbocycles. The van der Waals surface area contributed by atoms with Crippen molar-refractivity contribution in [2.24, 2.45) is 0 Å². The van der Waals surface area contributed by atoms with Gasteiger partial charge in [-0.15, -0.1) is 0 Å². The van der Waals surface area contributed by atoms with Crippen LogP contribution in [0.4, 0.5) is 0 Å². The first kappa shape index (κ1) is 15.1. The van der Waals surface area contributed by atoms with Crippen molar-refractivity contribution in [3.8, 4) is 0 Å². The number of rotatable bonds is 5. The van der Waals surface area contributed by atoms with Crippen molar-refractivity contribution >= 4 is 23.0 Å². The summed E-state index contributed by atoms with van der Waals surface area (Å²) in [6, 6.07) is 1.98. The number of hydrogen-bond acceptors (Lipinski definition) is 6. The van der Waals surface area contributed by atoms with Crippen molar-refractivity contribution in [1.29, 1.82) is 0 Å². The molecule has 2 aliphatic carbocycles. The van der Waals surface area contributed by atoms with E-state index in [9.17, 15) is 9.59 Å². The summed E-state index contributed by atoms with van der Waals surface area (Å²) in [6.45, 7) is 3.33. The number of nitrogens with zero attached hydrogens (tertiary/aromatic N) is 2. The molecule has 0 aliphatic heterocycles. The third-order valence-corrected chi connectivity index (χ3v) is 4.43. The summed E-state index contributed by atoms with van der Waals surface area (Å²) >= 11 is 0. The highest BCUT2D eigenvalue weighted by Gasteiger charge is 2.31. The molecule has 2 aromatic heterocycles. The minimum absolute atomic E-state index is 0.230. The van der Waals surface area contributed by atoms with Gasteiger partial charge in [-0.3, -0.25) is 4.79 Å². The summed E-state index contributed by atoms with van der Waals surface area (Å²) in [7, 11) is 0. The molecule has 24 heavy (non-hydrogen) atoms. The van der Waals surface area contributed by atoms with Crippen molar-refractivity contribution in [2.75, 3.05) is 0 Å². The van der Waals surface area contributed by atoms with Crippen LogP contribution in [-0.4, -0.2) is 34.2 Å². The highest BCUT2D eigenvalue weighted by Crippen LogP contribution is 2.40. The quantitative estimate of drug-likeness (QED) is 0.845. The summed E-state index contributed by atoms with van der Waals surface area (Å²) < 4.78 is 10.6. The predicted octanol–water partition coefficient (Wildman–Crippen LogP) is 2.23. The van der Waals surface area contributed by atoms with Crippen LogP contribution < -0.4 is 5.32 Å². The molecule has 7 nitrogen and oxygen atoms in total. The van der Waals surface area contributed by atoms with Crippen LogP contribution in [0.3, 0.4) is 0 Å². The molecule has 0 saturated heterocycles. The second kappa shape index (κ2) is 5.58. The van der Waals surface area contributed by atoms with Crippen LogP contribution in [0.1, 0.15) is 60.3 Å². The van der Waals surface area contributed by atoms with E-state index in [0.29, 0.717) is 28.3 Å². The summed E-state index contributed by atoms with van der Waals surface area (Å²) in [5.41, 5.74) is 2.12. The van der Waals surface area contributed by atoms with Crippen LogP contribution in [0.5, 0.6) is 0 Å². The minimum atomic E-state index is -0.842. The lowest BCUT2D eigenvalue weighted by Crippen LogP contribution is -2.37. The van der Waals surface area contributed by atoms with Crippen LogP contribution >= 0.6 is 0 Å². The van der Waals surface area contributed by atoms with E-state index >= 15 is 0 Å². The van der Waals surface area contributed by atoms with Gasteiger partial charge in [0.25, 0.3) is 11.6 Å². The van der Waals surface area contributed by atoms with Crippen molar-refractivity contribution < 1.29 is 18.8 Å². The van der Waals surface area contributed by atoms with E-state index in [-0.39, 0.29) is 11.9 Å². The van der Waals surface area contributed by atoms with Gasteiger partial charge in [0.05, 0.1) is 16.6 Å². The molecule has 1 unspecified atom stereocenters. The van der Waals surface area contributed by atoms with E-state index in [1.165, 1.54) is 0 Å². The van der Waals surface area contributed by atoms with Gasteiger partial charge in [-0.05, 0) is 45.6 Å². The van der Waals surface area contributed by atoms with Gasteiger partial charge in [-0.25, -0.2) is 9.78 Å². The van der Waals surface area contributed by atoms with Gasteiger partial charge in [0.1, 0.15) is 0 Å². The molecule has 1 N–H and O–H groups in total. The maximum absolute atomic E-state index is 12.6. The maximum atomic E-state index is 12.6. The summed E-state index contributed by atoms with van der Waals surface area (Å²) in [4.78, 5) is 29.1. The Hall–Kier alpha value is -2.44. The summed E-state index contributed by atoms with van der Waals surface area (Å²) in [6.07, 6.45) is 3.25. The number of aryl methyl sites for hydroxylation is 1. The average molecular weight is 329 g/mol. The van der Waals surface area contributed by atoms with Crippen LogP contribution in [0.2, 0.25) is 0 Å². The first-order chi connectivity index (χ1) is 11.5. The van der Waals surface area contributed by atoms with Crippen LogP contribution in [0, 0.1) is 6.92 Å². The monoisotopic (exact) mass is 329 g/mol. The Bertz CT molecular complexity index is 821. The number of amides is 1. The molecular weight excluding hydrogens is 310 g/mol. The molecule has 1 atom stereocenters. The standard InChI is InChI=1S/C17H19N3O4/c1-8-14-12(7-13(10-3-4-10)19-16(14)24-20-8)17(22)23-9(2)15(21)18-11-5-6-11/h7,9-11H,3-6H2,1-2H3,(H,18,21). The predicted molar refractivity (Wildman–Crippen MR) is 84.6 cm³/mol. The first-order valence-electron chi connectivity index (χ1n) is 8.31. The molecule has 0 bridgehead atoms. The van der Waals surface area contributed by atoms with E-state index in [1.807, 2.05) is 0 Å². The summed E-state index contributed by atoms with van der Waals surface area (Å²) in [5, 5.41) is 7.29. The second-order valence-electron chi connectivity index (χ2n) is 6.65. The molecule has 2 heterocycles. The van der Waals surface area contributed by atoms with Gasteiger partial charge in [0.2, 0.25) is 0 Å². The largest absolute Gasteiger partial charge is 0.449 e. The molecule has 0 spiro atoms. The molecule has 2 aromatic rings. The summed E-state index contributed by atoms with van der Waals surface area (Å²) in [5.74, 6) is -0.448. The van der Waals surface area contributed by atoms with Crippen LogP contribution in [0.15, 0.2) is 10.6 Å². The van der Waals surface area contributed by atoms with Gasteiger partial charge in [-0.2, -0.15) is 0 Å². The van der Waals surface area contributed by atoms with Crippen molar-refractivity contribution in [3.63, 3.8) is 0 Å². The van der Waals surface area contributed by atoms with Gasteiger partial charge in [0.15, 0.2) is 6.10 Å². The number of nitrogens with one attached hydrogen (secondary N) is 1. The molecule has 0 radical (unpaired) electrons. The Balaban J connectivity index is 1.60. The van der Waals surface area contributed by atoms with Crippen molar-refractivity contribution in [2.45, 2.75) is 57.6 Å². The fraction of sp³-hybridized carbons (Fsp3) is 0.529. The van der Waals surface area contributed by atoms with Crippen LogP contribution in [0.25, 0.3) is 11.1 Å². The highest BCUT2D eigenvalue weighted by molar-refractivity contribution is 6.04. The van der Waals surface area contributed by atoms with Gasteiger partial charge in [0, 0.05) is 17.7 Å². The molecule has 126 valence electrons. The van der Waals surface area contributed by atoms with E-state index in [1.54, 1.807) is 19.9 Å². The number of carbonyl (C=O) groups excluding carboxylic acids is 2. The van der Waals surface area contributed by atoms with Crippen LogP contribution in [-0.2, 0) is 9.53 Å². The van der Waals surface area contributed by atoms with Crippen molar-refractivity contribution in [3.05, 3.63) is 23.0 Å². The Kier molecular flexibility index (Phi) is 3.51. The highest BCUT2D eigenvalue weighted by atomic mass is 16.5. The Morgan fingerprint density at radius 2 is 2.08 bits per heavy atom. The van der Waals surface area contributed by atoms with E-state index in [2.05, 4.69) is 15.5 Å². The molecule has 0 aromatic carbocycles. The maximum Gasteiger partial charge on any atom is 0.339 e. The number of fused-ring (bicyclic) bond motifs is 1. The molecule has 7 heteroatoms. The average Bonchev–Trinajstić information content (AvgIpc) is 3.46. The normalized spacial score (nSPS) is 18.4. The molecule has 4 rings (SSSR count). The Labute approximate surface area is 138 Å². The van der Waals surface area contributed by atoms with E-state index in [0.717, 1.165) is 31.4 Å². The van der Waals surface area contributed by atoms with E-state index < -0.39 is 12.1 Å². The number of ether oxygens (including phenoxy) is 1. The number of pyridine rings is 1. The van der Waals surface area contributed by atoms with Gasteiger partial charge >= 0.3 is 5.97 Å². The SMILES string of the molecule is Cc1noc2nc(C3CC3)cc(C(=O)OC(C)C(=O)NC3CC3)c12. The molecule has 2 aliphatic rings. The third-order valence-electron chi connectivity index (χ3n) is 4.43.